The van der Waals surface area contributed by atoms with Crippen LogP contribution in [0.25, 0.3) is 0 Å². The molecule has 0 radical (unpaired) electrons. The molecule has 1 fully saturated rings. The van der Waals surface area contributed by atoms with Crippen LogP contribution in [0.5, 0.6) is 0 Å². The van der Waals surface area contributed by atoms with E-state index < -0.39 is 0 Å². The Morgan fingerprint density at radius 2 is 2.31 bits per heavy atom. The topological polar surface area (TPSA) is 70.1 Å². The summed E-state index contributed by atoms with van der Waals surface area (Å²) in [5.74, 6) is -0.0636. The average molecular weight is 236 g/mol. The van der Waals surface area contributed by atoms with Gasteiger partial charge in [-0.05, 0) is 12.1 Å². The highest BCUT2D eigenvalue weighted by Gasteiger charge is 2.29. The number of amides is 1. The van der Waals surface area contributed by atoms with Crippen molar-refractivity contribution in [1.82, 2.24) is 0 Å². The molecule has 4 nitrogen and oxygen atoms in total. The maximum absolute atomic E-state index is 11.7. The molecular weight excluding hydrogens is 226 g/mol. The summed E-state index contributed by atoms with van der Waals surface area (Å²) in [5, 5.41) is 9.36. The second-order valence-corrected chi connectivity index (χ2v) is 4.12. The highest BCUT2D eigenvalue weighted by Crippen LogP contribution is 2.29. The Kier molecular flexibility index (Phi) is 2.82. The molecule has 0 bridgehead atoms. The number of hydrogen-bond acceptors (Lipinski definition) is 3. The normalized spacial score (nSPS) is 19.9. The summed E-state index contributed by atoms with van der Waals surface area (Å²) < 4.78 is 0. The number of nitriles is 1. The van der Waals surface area contributed by atoms with Crippen molar-refractivity contribution in [3.63, 3.8) is 0 Å². The maximum atomic E-state index is 11.7. The van der Waals surface area contributed by atoms with E-state index >= 15 is 0 Å². The van der Waals surface area contributed by atoms with Crippen LogP contribution in [0.1, 0.15) is 12.0 Å². The van der Waals surface area contributed by atoms with Gasteiger partial charge in [0.25, 0.3) is 0 Å². The predicted octanol–water partition coefficient (Wildman–Crippen LogP) is 1.28. The molecule has 1 aromatic rings. The van der Waals surface area contributed by atoms with Gasteiger partial charge < -0.3 is 10.6 Å². The standard InChI is InChI=1S/C11H10ClN3O/c12-9-2-1-3-10(8(9)5-13)15-6-7(14)4-11(15)16/h1-3,7H,4,6,14H2. The minimum Gasteiger partial charge on any atom is -0.326 e. The molecule has 1 amide bonds. The number of nitrogens with zero attached hydrogens (tertiary/aromatic N) is 2. The van der Waals surface area contributed by atoms with Crippen molar-refractivity contribution >= 4 is 23.2 Å². The van der Waals surface area contributed by atoms with E-state index in [0.717, 1.165) is 0 Å². The van der Waals surface area contributed by atoms with Gasteiger partial charge >= 0.3 is 0 Å². The van der Waals surface area contributed by atoms with Crippen LogP contribution in [0.15, 0.2) is 18.2 Å². The Bertz CT molecular complexity index is 481. The zero-order chi connectivity index (χ0) is 11.7. The number of nitrogens with two attached hydrogens (primary N) is 1. The fourth-order valence-electron chi connectivity index (χ4n) is 1.82. The van der Waals surface area contributed by atoms with E-state index in [9.17, 15) is 4.79 Å². The van der Waals surface area contributed by atoms with Gasteiger partial charge in [0.15, 0.2) is 0 Å². The lowest BCUT2D eigenvalue weighted by atomic mass is 10.2. The molecule has 1 aliphatic rings. The summed E-state index contributed by atoms with van der Waals surface area (Å²) in [6, 6.07) is 6.90. The zero-order valence-electron chi connectivity index (χ0n) is 8.48. The first-order valence-electron chi connectivity index (χ1n) is 4.88. The fraction of sp³-hybridized carbons (Fsp3) is 0.273. The van der Waals surface area contributed by atoms with Crippen LogP contribution in [0.2, 0.25) is 5.02 Å². The van der Waals surface area contributed by atoms with Crippen LogP contribution in [-0.2, 0) is 4.79 Å². The van der Waals surface area contributed by atoms with E-state index in [2.05, 4.69) is 0 Å². The Balaban J connectivity index is 2.45. The first-order chi connectivity index (χ1) is 7.63. The molecule has 2 rings (SSSR count). The molecule has 0 aromatic heterocycles. The fourth-order valence-corrected chi connectivity index (χ4v) is 2.03. The lowest BCUT2D eigenvalue weighted by molar-refractivity contribution is -0.117. The summed E-state index contributed by atoms with van der Waals surface area (Å²) in [5.41, 5.74) is 6.58. The van der Waals surface area contributed by atoms with Crippen LogP contribution >= 0.6 is 11.6 Å². The highest BCUT2D eigenvalue weighted by atomic mass is 35.5. The van der Waals surface area contributed by atoms with E-state index in [1.165, 1.54) is 4.90 Å². The first-order valence-corrected chi connectivity index (χ1v) is 5.26. The number of benzene rings is 1. The lowest BCUT2D eigenvalue weighted by Gasteiger charge is -2.17. The molecule has 5 heteroatoms. The third kappa shape index (κ3) is 1.75. The SMILES string of the molecule is N#Cc1c(Cl)cccc1N1CC(N)CC1=O. The summed E-state index contributed by atoms with van der Waals surface area (Å²) >= 11 is 5.90. The third-order valence-electron chi connectivity index (χ3n) is 2.55. The minimum absolute atomic E-state index is 0.0636. The molecule has 1 aliphatic heterocycles. The number of anilines is 1. The van der Waals surface area contributed by atoms with E-state index in [0.29, 0.717) is 29.2 Å². The number of carbonyl (C=O) groups excluding carboxylic acids is 1. The maximum Gasteiger partial charge on any atom is 0.228 e. The van der Waals surface area contributed by atoms with Crippen molar-refractivity contribution < 1.29 is 4.79 Å². The molecule has 16 heavy (non-hydrogen) atoms. The third-order valence-corrected chi connectivity index (χ3v) is 2.86. The Labute approximate surface area is 98.2 Å². The molecule has 1 saturated heterocycles. The van der Waals surface area contributed by atoms with Gasteiger partial charge in [0, 0.05) is 19.0 Å². The van der Waals surface area contributed by atoms with Crippen molar-refractivity contribution in [3.8, 4) is 6.07 Å². The van der Waals surface area contributed by atoms with Gasteiger partial charge in [-0.25, -0.2) is 0 Å². The van der Waals surface area contributed by atoms with Gasteiger partial charge in [-0.2, -0.15) is 5.26 Å². The van der Waals surface area contributed by atoms with Crippen LogP contribution in [0.3, 0.4) is 0 Å². The monoisotopic (exact) mass is 235 g/mol. The van der Waals surface area contributed by atoms with E-state index in [4.69, 9.17) is 22.6 Å². The summed E-state index contributed by atoms with van der Waals surface area (Å²) in [6.07, 6.45) is 0.317. The highest BCUT2D eigenvalue weighted by molar-refractivity contribution is 6.32. The minimum atomic E-state index is -0.168. The quantitative estimate of drug-likeness (QED) is 0.797. The zero-order valence-corrected chi connectivity index (χ0v) is 9.24. The molecule has 2 N–H and O–H groups in total. The van der Waals surface area contributed by atoms with Crippen molar-refractivity contribution in [3.05, 3.63) is 28.8 Å². The van der Waals surface area contributed by atoms with E-state index in [1.54, 1.807) is 18.2 Å². The van der Waals surface area contributed by atoms with Gasteiger partial charge in [-0.15, -0.1) is 0 Å². The van der Waals surface area contributed by atoms with Gasteiger partial charge in [-0.1, -0.05) is 17.7 Å². The number of carbonyl (C=O) groups is 1. The lowest BCUT2D eigenvalue weighted by Crippen LogP contribution is -2.28. The molecule has 1 aromatic carbocycles. The van der Waals surface area contributed by atoms with Crippen molar-refractivity contribution in [2.24, 2.45) is 5.73 Å². The van der Waals surface area contributed by atoms with Crippen molar-refractivity contribution in [2.75, 3.05) is 11.4 Å². The number of halogens is 1. The second kappa shape index (κ2) is 4.12. The molecule has 82 valence electrons. The van der Waals surface area contributed by atoms with Crippen molar-refractivity contribution in [1.29, 1.82) is 5.26 Å². The molecule has 1 atom stereocenters. The van der Waals surface area contributed by atoms with E-state index in [1.807, 2.05) is 6.07 Å². The number of rotatable bonds is 1. The van der Waals surface area contributed by atoms with Gasteiger partial charge in [0.2, 0.25) is 5.91 Å². The van der Waals surface area contributed by atoms with Crippen molar-refractivity contribution in [2.45, 2.75) is 12.5 Å². The van der Waals surface area contributed by atoms with Crippen LogP contribution in [-0.4, -0.2) is 18.5 Å². The molecule has 1 unspecified atom stereocenters. The Morgan fingerprint density at radius 3 is 2.88 bits per heavy atom. The molecule has 0 aliphatic carbocycles. The van der Waals surface area contributed by atoms with Crippen LogP contribution in [0.4, 0.5) is 5.69 Å². The molecule has 0 saturated carbocycles. The Morgan fingerprint density at radius 1 is 1.56 bits per heavy atom. The van der Waals surface area contributed by atoms with E-state index in [-0.39, 0.29) is 11.9 Å². The smallest absolute Gasteiger partial charge is 0.228 e. The van der Waals surface area contributed by atoms with Gasteiger partial charge in [0.05, 0.1) is 16.3 Å². The molecule has 0 spiro atoms. The van der Waals surface area contributed by atoms with Crippen LogP contribution in [0, 0.1) is 11.3 Å². The van der Waals surface area contributed by atoms with Gasteiger partial charge in [-0.3, -0.25) is 4.79 Å². The first kappa shape index (κ1) is 10.9. The summed E-state index contributed by atoms with van der Waals surface area (Å²) in [4.78, 5) is 13.2. The molecular formula is C11H10ClN3O. The average Bonchev–Trinajstić information content (AvgIpc) is 2.57. The Hall–Kier alpha value is -1.57. The largest absolute Gasteiger partial charge is 0.326 e. The summed E-state index contributed by atoms with van der Waals surface area (Å²) in [7, 11) is 0. The van der Waals surface area contributed by atoms with Gasteiger partial charge in [0.1, 0.15) is 6.07 Å². The predicted molar refractivity (Wildman–Crippen MR) is 61.1 cm³/mol. The van der Waals surface area contributed by atoms with Crippen LogP contribution < -0.4 is 10.6 Å². The summed E-state index contributed by atoms with van der Waals surface area (Å²) in [6.45, 7) is 0.438. The second-order valence-electron chi connectivity index (χ2n) is 3.71. The molecule has 1 heterocycles. The number of hydrogen-bond donors (Lipinski definition) is 1.